The summed E-state index contributed by atoms with van der Waals surface area (Å²) in [6.07, 6.45) is 7.11. The molecule has 2 N–H and O–H groups in total. The Bertz CT molecular complexity index is 489. The van der Waals surface area contributed by atoms with Crippen molar-refractivity contribution >= 4 is 35.8 Å². The molecule has 2 saturated heterocycles. The quantitative estimate of drug-likeness (QED) is 0.194. The molecular weight excluding hydrogens is 495 g/mol. The zero-order valence-electron chi connectivity index (χ0n) is 19.2. The minimum Gasteiger partial charge on any atom is -0.381 e. The van der Waals surface area contributed by atoms with Crippen LogP contribution in [0.15, 0.2) is 4.99 Å². The summed E-state index contributed by atoms with van der Waals surface area (Å²) in [5, 5.41) is 6.90. The maximum absolute atomic E-state index is 12.6. The number of ether oxygens (including phenoxy) is 2. The summed E-state index contributed by atoms with van der Waals surface area (Å²) < 4.78 is 11.3. The van der Waals surface area contributed by atoms with Gasteiger partial charge in [-0.2, -0.15) is 0 Å². The predicted octanol–water partition coefficient (Wildman–Crippen LogP) is 3.17. The van der Waals surface area contributed by atoms with E-state index in [0.717, 1.165) is 96.9 Å². The van der Waals surface area contributed by atoms with Gasteiger partial charge in [0.2, 0.25) is 5.91 Å². The van der Waals surface area contributed by atoms with Crippen LogP contribution in [0.25, 0.3) is 0 Å². The van der Waals surface area contributed by atoms with Gasteiger partial charge in [-0.05, 0) is 51.9 Å². The summed E-state index contributed by atoms with van der Waals surface area (Å²) in [6, 6.07) is 0.372. The monoisotopic (exact) mass is 538 g/mol. The van der Waals surface area contributed by atoms with Crippen molar-refractivity contribution in [1.82, 2.24) is 15.5 Å². The van der Waals surface area contributed by atoms with Crippen molar-refractivity contribution in [3.05, 3.63) is 0 Å². The molecule has 0 atom stereocenters. The first-order valence-electron chi connectivity index (χ1n) is 11.7. The highest BCUT2D eigenvalue weighted by molar-refractivity contribution is 14.0. The number of piperidine rings is 1. The molecule has 2 fully saturated rings. The van der Waals surface area contributed by atoms with Crippen LogP contribution < -0.4 is 10.6 Å². The molecule has 0 aromatic carbocycles. The van der Waals surface area contributed by atoms with Gasteiger partial charge in [0.1, 0.15) is 0 Å². The SMILES string of the molecule is CCNC(=NCCCOC1CCOCC1)NC1CCN(C(=O)C(CC)CC)CC1.I. The van der Waals surface area contributed by atoms with Gasteiger partial charge in [-0.3, -0.25) is 9.79 Å². The first-order valence-corrected chi connectivity index (χ1v) is 11.7. The Morgan fingerprint density at radius 2 is 1.80 bits per heavy atom. The summed E-state index contributed by atoms with van der Waals surface area (Å²) in [5.41, 5.74) is 0. The van der Waals surface area contributed by atoms with E-state index in [2.05, 4.69) is 31.4 Å². The fourth-order valence-corrected chi connectivity index (χ4v) is 4.00. The maximum Gasteiger partial charge on any atom is 0.225 e. The van der Waals surface area contributed by atoms with Crippen LogP contribution in [0.5, 0.6) is 0 Å². The molecule has 0 radical (unpaired) electrons. The summed E-state index contributed by atoms with van der Waals surface area (Å²) in [5.74, 6) is 1.39. The second-order valence-electron chi connectivity index (χ2n) is 8.05. The van der Waals surface area contributed by atoms with Crippen LogP contribution in [0.3, 0.4) is 0 Å². The van der Waals surface area contributed by atoms with Gasteiger partial charge in [-0.1, -0.05) is 13.8 Å². The molecule has 2 aliphatic rings. The predicted molar refractivity (Wildman–Crippen MR) is 133 cm³/mol. The van der Waals surface area contributed by atoms with Gasteiger partial charge >= 0.3 is 0 Å². The molecular formula is C22H43IN4O3. The van der Waals surface area contributed by atoms with Crippen LogP contribution in [0.2, 0.25) is 0 Å². The Balaban J connectivity index is 0.00000450. The second kappa shape index (κ2) is 16.1. The van der Waals surface area contributed by atoms with Gasteiger partial charge in [0.25, 0.3) is 0 Å². The zero-order chi connectivity index (χ0) is 20.9. The normalized spacial score (nSPS) is 18.9. The number of guanidine groups is 1. The maximum atomic E-state index is 12.6. The van der Waals surface area contributed by atoms with Crippen molar-refractivity contribution in [2.75, 3.05) is 46.0 Å². The van der Waals surface area contributed by atoms with E-state index < -0.39 is 0 Å². The fraction of sp³-hybridized carbons (Fsp3) is 0.909. The first-order chi connectivity index (χ1) is 14.2. The van der Waals surface area contributed by atoms with Crippen molar-refractivity contribution in [3.8, 4) is 0 Å². The Labute approximate surface area is 200 Å². The van der Waals surface area contributed by atoms with Crippen LogP contribution >= 0.6 is 24.0 Å². The molecule has 2 heterocycles. The van der Waals surface area contributed by atoms with E-state index in [9.17, 15) is 4.79 Å². The minimum atomic E-state index is 0. The van der Waals surface area contributed by atoms with Gasteiger partial charge in [0.05, 0.1) is 6.10 Å². The van der Waals surface area contributed by atoms with E-state index in [0.29, 0.717) is 18.1 Å². The largest absolute Gasteiger partial charge is 0.381 e. The molecule has 2 aliphatic heterocycles. The van der Waals surface area contributed by atoms with Crippen LogP contribution in [0.1, 0.15) is 65.7 Å². The molecule has 0 aromatic rings. The Hall–Kier alpha value is -0.610. The van der Waals surface area contributed by atoms with Crippen molar-refractivity contribution in [2.45, 2.75) is 77.9 Å². The number of amides is 1. The van der Waals surface area contributed by atoms with Gasteiger partial charge in [-0.25, -0.2) is 0 Å². The number of carbonyl (C=O) groups excluding carboxylic acids is 1. The number of nitrogens with zero attached hydrogens (tertiary/aromatic N) is 2. The van der Waals surface area contributed by atoms with E-state index in [1.807, 2.05) is 4.90 Å². The van der Waals surface area contributed by atoms with E-state index >= 15 is 0 Å². The summed E-state index contributed by atoms with van der Waals surface area (Å²) in [6.45, 7) is 12.0. The second-order valence-corrected chi connectivity index (χ2v) is 8.05. The molecule has 0 aromatic heterocycles. The van der Waals surface area contributed by atoms with Crippen LogP contribution in [0, 0.1) is 5.92 Å². The summed E-state index contributed by atoms with van der Waals surface area (Å²) in [7, 11) is 0. The van der Waals surface area contributed by atoms with Crippen molar-refractivity contribution in [1.29, 1.82) is 0 Å². The third-order valence-corrected chi connectivity index (χ3v) is 5.92. The highest BCUT2D eigenvalue weighted by atomic mass is 127. The number of halogens is 1. The van der Waals surface area contributed by atoms with E-state index in [4.69, 9.17) is 14.5 Å². The van der Waals surface area contributed by atoms with Crippen LogP contribution in [0.4, 0.5) is 0 Å². The fourth-order valence-electron chi connectivity index (χ4n) is 4.00. The van der Waals surface area contributed by atoms with Gasteiger partial charge in [0, 0.05) is 58.0 Å². The highest BCUT2D eigenvalue weighted by Gasteiger charge is 2.26. The van der Waals surface area contributed by atoms with Crippen LogP contribution in [-0.2, 0) is 14.3 Å². The molecule has 0 unspecified atom stereocenters. The third-order valence-electron chi connectivity index (χ3n) is 5.92. The topological polar surface area (TPSA) is 75.2 Å². The number of hydrogen-bond acceptors (Lipinski definition) is 4. The van der Waals surface area contributed by atoms with E-state index in [1.165, 1.54) is 0 Å². The lowest BCUT2D eigenvalue weighted by atomic mass is 9.98. The van der Waals surface area contributed by atoms with E-state index in [-0.39, 0.29) is 29.9 Å². The molecule has 0 bridgehead atoms. The third kappa shape index (κ3) is 9.68. The number of hydrogen-bond donors (Lipinski definition) is 2. The smallest absolute Gasteiger partial charge is 0.225 e. The van der Waals surface area contributed by atoms with Crippen molar-refractivity contribution in [3.63, 3.8) is 0 Å². The number of carbonyl (C=O) groups is 1. The molecule has 0 saturated carbocycles. The molecule has 8 heteroatoms. The standard InChI is InChI=1S/C22H42N4O3.HI/c1-4-18(5-2)21(27)26-13-8-19(9-14-26)25-22(23-6-3)24-12-7-15-29-20-10-16-28-17-11-20;/h18-20H,4-17H2,1-3H3,(H2,23,24,25);1H. The van der Waals surface area contributed by atoms with Crippen LogP contribution in [-0.4, -0.2) is 74.9 Å². The van der Waals surface area contributed by atoms with Gasteiger partial charge in [-0.15, -0.1) is 24.0 Å². The molecule has 7 nitrogen and oxygen atoms in total. The van der Waals surface area contributed by atoms with Crippen molar-refractivity contribution < 1.29 is 14.3 Å². The number of aliphatic imine (C=N–C) groups is 1. The Kier molecular flexibility index (Phi) is 14.7. The molecule has 176 valence electrons. The lowest BCUT2D eigenvalue weighted by Gasteiger charge is -2.34. The van der Waals surface area contributed by atoms with E-state index in [1.54, 1.807) is 0 Å². The van der Waals surface area contributed by atoms with Gasteiger partial charge in [0.15, 0.2) is 5.96 Å². The zero-order valence-corrected chi connectivity index (χ0v) is 21.5. The molecule has 0 spiro atoms. The van der Waals surface area contributed by atoms with Gasteiger partial charge < -0.3 is 25.0 Å². The lowest BCUT2D eigenvalue weighted by Crippen LogP contribution is -2.50. The number of rotatable bonds is 10. The minimum absolute atomic E-state index is 0. The molecule has 2 rings (SSSR count). The highest BCUT2D eigenvalue weighted by Crippen LogP contribution is 2.17. The lowest BCUT2D eigenvalue weighted by molar-refractivity contribution is -0.136. The summed E-state index contributed by atoms with van der Waals surface area (Å²) >= 11 is 0. The average Bonchev–Trinajstić information content (AvgIpc) is 2.75. The number of nitrogens with one attached hydrogen (secondary N) is 2. The first kappa shape index (κ1) is 27.4. The molecule has 30 heavy (non-hydrogen) atoms. The Morgan fingerprint density at radius 1 is 1.13 bits per heavy atom. The number of likely N-dealkylation sites (tertiary alicyclic amines) is 1. The van der Waals surface area contributed by atoms with Crippen molar-refractivity contribution in [2.24, 2.45) is 10.9 Å². The molecule has 1 amide bonds. The average molecular weight is 539 g/mol. The molecule has 0 aliphatic carbocycles. The Morgan fingerprint density at radius 3 is 2.40 bits per heavy atom. The summed E-state index contributed by atoms with van der Waals surface area (Å²) in [4.78, 5) is 19.3.